The number of hydrogen-bond acceptors (Lipinski definition) is 6. The third-order valence-electron chi connectivity index (χ3n) is 5.26. The smallest absolute Gasteiger partial charge is 0.270 e. The Morgan fingerprint density at radius 3 is 2.76 bits per heavy atom. The second-order valence-corrected chi connectivity index (χ2v) is 10.5. The Morgan fingerprint density at radius 1 is 1.21 bits per heavy atom. The number of aryl methyl sites for hydroxylation is 1. The van der Waals surface area contributed by atoms with Crippen LogP contribution in [-0.4, -0.2) is 31.7 Å². The van der Waals surface area contributed by atoms with Gasteiger partial charge in [-0.25, -0.2) is 4.98 Å². The maximum Gasteiger partial charge on any atom is 0.270 e. The number of nitrogens with zero attached hydrogens (tertiary/aromatic N) is 4. The quantitative estimate of drug-likeness (QED) is 0.252. The summed E-state index contributed by atoms with van der Waals surface area (Å²) in [5.74, 6) is 1.02. The van der Waals surface area contributed by atoms with Gasteiger partial charge in [0.25, 0.3) is 5.91 Å². The largest absolute Gasteiger partial charge is 0.348 e. The molecule has 2 aromatic carbocycles. The van der Waals surface area contributed by atoms with E-state index < -0.39 is 0 Å². The molecule has 6 nitrogen and oxygen atoms in total. The van der Waals surface area contributed by atoms with E-state index in [4.69, 9.17) is 23.2 Å². The first-order chi connectivity index (χ1) is 16.4. The van der Waals surface area contributed by atoms with E-state index in [0.717, 1.165) is 28.2 Å². The Labute approximate surface area is 216 Å². The van der Waals surface area contributed by atoms with Crippen molar-refractivity contribution >= 4 is 52.2 Å². The number of carbonyl (C=O) groups excluding carboxylic acids is 1. The van der Waals surface area contributed by atoms with Gasteiger partial charge in [-0.15, -0.1) is 21.5 Å². The zero-order valence-electron chi connectivity index (χ0n) is 18.9. The van der Waals surface area contributed by atoms with Gasteiger partial charge in [0, 0.05) is 22.0 Å². The Bertz CT molecular complexity index is 1320. The van der Waals surface area contributed by atoms with Crippen molar-refractivity contribution in [2.24, 2.45) is 0 Å². The summed E-state index contributed by atoms with van der Waals surface area (Å²) in [6.45, 7) is 6.02. The number of nitrogens with one attached hydrogen (secondary N) is 1. The van der Waals surface area contributed by atoms with Crippen LogP contribution >= 0.6 is 46.3 Å². The summed E-state index contributed by atoms with van der Waals surface area (Å²) in [4.78, 5) is 16.9. The molecule has 2 aromatic heterocycles. The molecule has 1 atom stereocenters. The molecule has 10 heteroatoms. The topological polar surface area (TPSA) is 72.7 Å². The highest BCUT2D eigenvalue weighted by Crippen LogP contribution is 2.35. The zero-order valence-corrected chi connectivity index (χ0v) is 22.0. The highest BCUT2D eigenvalue weighted by atomic mass is 35.5. The van der Waals surface area contributed by atoms with Gasteiger partial charge >= 0.3 is 0 Å². The number of benzene rings is 2. The fourth-order valence-corrected chi connectivity index (χ4v) is 5.35. The Morgan fingerprint density at radius 2 is 2.00 bits per heavy atom. The molecule has 4 rings (SSSR count). The normalized spacial score (nSPS) is 12.0. The molecule has 0 bridgehead atoms. The molecule has 2 heterocycles. The van der Waals surface area contributed by atoms with E-state index in [2.05, 4.69) is 20.5 Å². The molecular weight excluding hydrogens is 509 g/mol. The molecule has 1 amide bonds. The number of thiazole rings is 1. The minimum absolute atomic E-state index is 0.106. The second kappa shape index (κ2) is 10.9. The first-order valence-electron chi connectivity index (χ1n) is 10.7. The number of halogens is 2. The van der Waals surface area contributed by atoms with Crippen molar-refractivity contribution in [3.05, 3.63) is 74.2 Å². The van der Waals surface area contributed by atoms with Gasteiger partial charge in [0.2, 0.25) is 0 Å². The van der Waals surface area contributed by atoms with Gasteiger partial charge in [-0.2, -0.15) is 0 Å². The van der Waals surface area contributed by atoms with E-state index in [0.29, 0.717) is 32.5 Å². The van der Waals surface area contributed by atoms with Crippen LogP contribution in [0.1, 0.15) is 41.3 Å². The molecule has 0 saturated carbocycles. The monoisotopic (exact) mass is 531 g/mol. The predicted octanol–water partition coefficient (Wildman–Crippen LogP) is 6.83. The highest BCUT2D eigenvalue weighted by molar-refractivity contribution is 7.98. The molecular formula is C24H23Cl2N5OS2. The van der Waals surface area contributed by atoms with Crippen LogP contribution in [0.15, 0.2) is 53.0 Å². The second-order valence-electron chi connectivity index (χ2n) is 7.75. The average Bonchev–Trinajstić information content (AvgIpc) is 3.47. The number of aromatic nitrogens is 4. The lowest BCUT2D eigenvalue weighted by Gasteiger charge is -2.14. The van der Waals surface area contributed by atoms with Crippen molar-refractivity contribution in [3.63, 3.8) is 0 Å². The van der Waals surface area contributed by atoms with Gasteiger partial charge in [0.05, 0.1) is 16.5 Å². The lowest BCUT2D eigenvalue weighted by atomic mass is 10.1. The van der Waals surface area contributed by atoms with Gasteiger partial charge in [0.15, 0.2) is 11.0 Å². The van der Waals surface area contributed by atoms with Crippen molar-refractivity contribution in [1.82, 2.24) is 25.1 Å². The molecule has 0 spiro atoms. The van der Waals surface area contributed by atoms with Crippen LogP contribution in [0.3, 0.4) is 0 Å². The maximum absolute atomic E-state index is 12.4. The van der Waals surface area contributed by atoms with E-state index in [-0.39, 0.29) is 11.9 Å². The van der Waals surface area contributed by atoms with Crippen LogP contribution < -0.4 is 5.32 Å². The summed E-state index contributed by atoms with van der Waals surface area (Å²) in [5, 5.41) is 16.4. The molecule has 176 valence electrons. The summed E-state index contributed by atoms with van der Waals surface area (Å²) in [5.41, 5.74) is 3.12. The third-order valence-corrected chi connectivity index (χ3v) is 7.80. The molecule has 4 aromatic rings. The van der Waals surface area contributed by atoms with Gasteiger partial charge in [-0.1, -0.05) is 60.1 Å². The van der Waals surface area contributed by atoms with Crippen LogP contribution in [0.2, 0.25) is 10.0 Å². The SMILES string of the molecule is CCC(C)NC(=O)c1csc(CSc2nnc(-c3ccccc3Cl)n2-c2cc(Cl)ccc2C)n1. The number of hydrogen-bond donors (Lipinski definition) is 1. The summed E-state index contributed by atoms with van der Waals surface area (Å²) in [6.07, 6.45) is 0.866. The molecule has 1 N–H and O–H groups in total. The average molecular weight is 533 g/mol. The van der Waals surface area contributed by atoms with Gasteiger partial charge < -0.3 is 5.32 Å². The first kappa shape index (κ1) is 24.7. The summed E-state index contributed by atoms with van der Waals surface area (Å²) in [6, 6.07) is 13.4. The van der Waals surface area contributed by atoms with E-state index in [1.165, 1.54) is 23.1 Å². The Balaban J connectivity index is 1.65. The van der Waals surface area contributed by atoms with E-state index >= 15 is 0 Å². The van der Waals surface area contributed by atoms with E-state index in [1.54, 1.807) is 5.38 Å². The molecule has 34 heavy (non-hydrogen) atoms. The van der Waals surface area contributed by atoms with Gasteiger partial charge in [-0.05, 0) is 50.1 Å². The first-order valence-corrected chi connectivity index (χ1v) is 13.3. The van der Waals surface area contributed by atoms with Crippen LogP contribution in [0, 0.1) is 6.92 Å². The Hall–Kier alpha value is -2.39. The number of carbonyl (C=O) groups is 1. The van der Waals surface area contributed by atoms with E-state index in [9.17, 15) is 4.79 Å². The maximum atomic E-state index is 12.4. The molecule has 0 fully saturated rings. The summed E-state index contributed by atoms with van der Waals surface area (Å²) < 4.78 is 1.97. The fourth-order valence-electron chi connectivity index (χ4n) is 3.23. The number of rotatable bonds is 8. The summed E-state index contributed by atoms with van der Waals surface area (Å²) in [7, 11) is 0. The van der Waals surface area contributed by atoms with Crippen molar-refractivity contribution in [3.8, 4) is 17.1 Å². The fraction of sp³-hybridized carbons (Fsp3) is 0.250. The standard InChI is InChI=1S/C24H23Cl2N5OS2/c1-4-15(3)27-23(32)19-12-33-21(28-19)13-34-24-30-29-22(17-7-5-6-8-18(17)26)31(24)20-11-16(25)10-9-14(20)2/h5-12,15H,4,13H2,1-3H3,(H,27,32). The van der Waals surface area contributed by atoms with Crippen molar-refractivity contribution < 1.29 is 4.79 Å². The van der Waals surface area contributed by atoms with Crippen LogP contribution in [0.5, 0.6) is 0 Å². The third kappa shape index (κ3) is 5.46. The lowest BCUT2D eigenvalue weighted by molar-refractivity contribution is 0.0935. The molecule has 0 aliphatic rings. The Kier molecular flexibility index (Phi) is 7.93. The van der Waals surface area contributed by atoms with E-state index in [1.807, 2.05) is 67.8 Å². The van der Waals surface area contributed by atoms with Crippen molar-refractivity contribution in [2.75, 3.05) is 0 Å². The predicted molar refractivity (Wildman–Crippen MR) is 140 cm³/mol. The minimum atomic E-state index is -0.152. The summed E-state index contributed by atoms with van der Waals surface area (Å²) >= 11 is 15.8. The van der Waals surface area contributed by atoms with Crippen molar-refractivity contribution in [2.45, 2.75) is 44.1 Å². The lowest BCUT2D eigenvalue weighted by Crippen LogP contribution is -2.32. The molecule has 0 radical (unpaired) electrons. The molecule has 0 aliphatic carbocycles. The van der Waals surface area contributed by atoms with Crippen LogP contribution in [-0.2, 0) is 5.75 Å². The van der Waals surface area contributed by atoms with Crippen LogP contribution in [0.25, 0.3) is 17.1 Å². The highest BCUT2D eigenvalue weighted by Gasteiger charge is 2.20. The minimum Gasteiger partial charge on any atom is -0.348 e. The molecule has 1 unspecified atom stereocenters. The van der Waals surface area contributed by atoms with Crippen molar-refractivity contribution in [1.29, 1.82) is 0 Å². The zero-order chi connectivity index (χ0) is 24.2. The number of thioether (sulfide) groups is 1. The van der Waals surface area contributed by atoms with Gasteiger partial charge in [-0.3, -0.25) is 9.36 Å². The molecule has 0 saturated heterocycles. The molecule has 0 aliphatic heterocycles. The van der Waals surface area contributed by atoms with Crippen LogP contribution in [0.4, 0.5) is 0 Å². The number of amides is 1. The van der Waals surface area contributed by atoms with Gasteiger partial charge in [0.1, 0.15) is 10.7 Å².